The third-order valence-corrected chi connectivity index (χ3v) is 6.83. The maximum Gasteiger partial charge on any atom is 0.336 e. The Hall–Kier alpha value is -3.38. The first-order chi connectivity index (χ1) is 16.5. The van der Waals surface area contributed by atoms with E-state index in [-0.39, 0.29) is 24.6 Å². The summed E-state index contributed by atoms with van der Waals surface area (Å²) in [5.41, 5.74) is 1.96. The Kier molecular flexibility index (Phi) is 6.24. The van der Waals surface area contributed by atoms with Crippen molar-refractivity contribution in [2.75, 3.05) is 39.3 Å². The van der Waals surface area contributed by atoms with Crippen molar-refractivity contribution in [1.29, 1.82) is 0 Å². The van der Waals surface area contributed by atoms with E-state index in [1.165, 1.54) is 11.0 Å². The Morgan fingerprint density at radius 2 is 2.00 bits per heavy atom. The molecule has 12 nitrogen and oxygen atoms in total. The lowest BCUT2D eigenvalue weighted by atomic mass is 10.0. The molecule has 0 saturated carbocycles. The van der Waals surface area contributed by atoms with Gasteiger partial charge in [0.05, 0.1) is 17.4 Å². The van der Waals surface area contributed by atoms with E-state index in [1.54, 1.807) is 24.1 Å². The molecule has 0 radical (unpaired) electrons. The molecule has 12 heteroatoms. The number of β-amino-alcohol motifs (C(OH)–C–C–N with tert-alkyl or cyclic N) is 1. The van der Waals surface area contributed by atoms with E-state index in [9.17, 15) is 14.7 Å². The lowest BCUT2D eigenvalue weighted by Gasteiger charge is -2.43. The fourth-order valence-electron chi connectivity index (χ4n) is 4.84. The van der Waals surface area contributed by atoms with E-state index in [1.807, 2.05) is 11.0 Å². The van der Waals surface area contributed by atoms with Crippen LogP contribution in [0, 0.1) is 0 Å². The molecule has 2 fully saturated rings. The number of amides is 2. The Balaban J connectivity index is 1.15. The van der Waals surface area contributed by atoms with Crippen LogP contribution in [0.2, 0.25) is 0 Å². The van der Waals surface area contributed by atoms with Gasteiger partial charge in [0, 0.05) is 50.5 Å². The second kappa shape index (κ2) is 9.47. The molecule has 0 aromatic carbocycles. The number of rotatable bonds is 6. The molecule has 5 rings (SSSR count). The van der Waals surface area contributed by atoms with Crippen LogP contribution in [0.3, 0.4) is 0 Å². The molecule has 0 aliphatic carbocycles. The van der Waals surface area contributed by atoms with Crippen LogP contribution >= 0.6 is 0 Å². The number of nitrogens with zero attached hydrogens (tertiary/aromatic N) is 8. The van der Waals surface area contributed by atoms with Crippen LogP contribution in [0.25, 0.3) is 5.82 Å². The minimum Gasteiger partial charge on any atom is -0.456 e. The molecule has 5 heterocycles. The fraction of sp³-hybridized carbons (Fsp3) is 0.545. The van der Waals surface area contributed by atoms with Crippen LogP contribution < -0.4 is 0 Å². The minimum atomic E-state index is -0.658. The Labute approximate surface area is 196 Å². The monoisotopic (exact) mass is 468 g/mol. The summed E-state index contributed by atoms with van der Waals surface area (Å²) in [5.74, 6) is 0.244. The number of urea groups is 1. The Bertz CT molecular complexity index is 1060. The molecule has 0 unspecified atom stereocenters. The van der Waals surface area contributed by atoms with Crippen molar-refractivity contribution >= 4 is 12.0 Å². The summed E-state index contributed by atoms with van der Waals surface area (Å²) in [7, 11) is 0. The maximum absolute atomic E-state index is 13.2. The highest BCUT2D eigenvalue weighted by atomic mass is 16.5. The van der Waals surface area contributed by atoms with Crippen LogP contribution in [0.5, 0.6) is 0 Å². The summed E-state index contributed by atoms with van der Waals surface area (Å²) in [6, 6.07) is 3.72. The van der Waals surface area contributed by atoms with Gasteiger partial charge in [-0.1, -0.05) is 6.07 Å². The molecule has 2 aromatic heterocycles. The molecule has 3 aliphatic rings. The lowest BCUT2D eigenvalue weighted by molar-refractivity contribution is -0.136. The zero-order chi connectivity index (χ0) is 23.7. The number of hydrogen-bond donors (Lipinski definition) is 1. The summed E-state index contributed by atoms with van der Waals surface area (Å²) in [5, 5.41) is 21.7. The number of tetrazole rings is 1. The Morgan fingerprint density at radius 1 is 1.18 bits per heavy atom. The predicted molar refractivity (Wildman–Crippen MR) is 118 cm³/mol. The van der Waals surface area contributed by atoms with Crippen molar-refractivity contribution in [3.05, 3.63) is 41.5 Å². The van der Waals surface area contributed by atoms with Crippen LogP contribution in [0.1, 0.15) is 37.9 Å². The second-order valence-electron chi connectivity index (χ2n) is 8.88. The fourth-order valence-corrected chi connectivity index (χ4v) is 4.84. The third kappa shape index (κ3) is 4.38. The van der Waals surface area contributed by atoms with Gasteiger partial charge in [0.25, 0.3) is 0 Å². The minimum absolute atomic E-state index is 0.0360. The largest absolute Gasteiger partial charge is 0.456 e. The van der Waals surface area contributed by atoms with E-state index in [4.69, 9.17) is 4.74 Å². The van der Waals surface area contributed by atoms with Crippen molar-refractivity contribution in [2.45, 2.75) is 38.3 Å². The number of carbonyl (C=O) groups excluding carboxylic acids is 2. The summed E-state index contributed by atoms with van der Waals surface area (Å²) in [6.45, 7) is 5.33. The van der Waals surface area contributed by atoms with Gasteiger partial charge in [-0.3, -0.25) is 4.90 Å². The number of aliphatic hydroxyl groups is 1. The number of aliphatic hydroxyl groups excluding tert-OH is 1. The van der Waals surface area contributed by atoms with Crippen molar-refractivity contribution in [3.63, 3.8) is 0 Å². The van der Waals surface area contributed by atoms with Gasteiger partial charge in [-0.05, 0) is 42.7 Å². The van der Waals surface area contributed by atoms with E-state index in [2.05, 4.69) is 25.4 Å². The van der Waals surface area contributed by atoms with E-state index in [0.29, 0.717) is 30.2 Å². The highest BCUT2D eigenvalue weighted by Crippen LogP contribution is 2.27. The molecular weight excluding hydrogens is 440 g/mol. The smallest absolute Gasteiger partial charge is 0.336 e. The number of likely N-dealkylation sites (tertiary alicyclic amines) is 1. The van der Waals surface area contributed by atoms with Crippen LogP contribution in [0.4, 0.5) is 4.79 Å². The van der Waals surface area contributed by atoms with Crippen LogP contribution in [0.15, 0.2) is 35.9 Å². The third-order valence-electron chi connectivity index (χ3n) is 6.83. The average Bonchev–Trinajstić information content (AvgIpc) is 3.51. The number of piperidine rings is 1. The average molecular weight is 469 g/mol. The number of pyridine rings is 1. The quantitative estimate of drug-likeness (QED) is 0.603. The van der Waals surface area contributed by atoms with E-state index < -0.39 is 6.10 Å². The second-order valence-corrected chi connectivity index (χ2v) is 8.88. The van der Waals surface area contributed by atoms with Crippen molar-refractivity contribution in [1.82, 2.24) is 39.9 Å². The molecule has 2 saturated heterocycles. The number of esters is 1. The molecule has 1 N–H and O–H groups in total. The summed E-state index contributed by atoms with van der Waals surface area (Å²) in [6.07, 6.45) is 5.00. The zero-order valence-electron chi connectivity index (χ0n) is 19.1. The van der Waals surface area contributed by atoms with Crippen LogP contribution in [-0.4, -0.2) is 102 Å². The first kappa shape index (κ1) is 22.4. The van der Waals surface area contributed by atoms with Crippen molar-refractivity contribution in [2.24, 2.45) is 0 Å². The predicted octanol–water partition coefficient (Wildman–Crippen LogP) is 0.514. The highest BCUT2D eigenvalue weighted by Gasteiger charge is 2.37. The first-order valence-corrected chi connectivity index (χ1v) is 11.6. The lowest BCUT2D eigenvalue weighted by Crippen LogP contribution is -2.55. The number of hydrogen-bond acceptors (Lipinski definition) is 9. The molecule has 1 atom stereocenters. The highest BCUT2D eigenvalue weighted by molar-refractivity contribution is 5.92. The normalized spacial score (nSPS) is 21.4. The van der Waals surface area contributed by atoms with Gasteiger partial charge in [0.1, 0.15) is 12.9 Å². The summed E-state index contributed by atoms with van der Waals surface area (Å²) >= 11 is 0. The number of cyclic esters (lactones) is 1. The van der Waals surface area contributed by atoms with Gasteiger partial charge in [-0.2, -0.15) is 4.68 Å². The topological polar surface area (TPSA) is 130 Å². The van der Waals surface area contributed by atoms with E-state index in [0.717, 1.165) is 44.5 Å². The molecule has 2 amide bonds. The van der Waals surface area contributed by atoms with Gasteiger partial charge in [0.15, 0.2) is 5.82 Å². The molecule has 34 heavy (non-hydrogen) atoms. The SMILES string of the molecule is CC1=C(N2CCCN(C3CCN(C[C@H](O)c4ccc(-n5cnnn5)nc4)CC3)C2=O)COC1=O. The van der Waals surface area contributed by atoms with Gasteiger partial charge in [-0.25, -0.2) is 14.6 Å². The maximum atomic E-state index is 13.2. The molecular formula is C22H28N8O4. The number of aromatic nitrogens is 5. The summed E-state index contributed by atoms with van der Waals surface area (Å²) < 4.78 is 6.56. The number of ether oxygens (including phenoxy) is 1. The standard InChI is InChI=1S/C22H28N8O4/c1-15-18(13-34-21(15)32)29-8-2-7-28(22(29)33)17-5-9-27(10-6-17)12-19(31)16-3-4-20(23-11-16)30-14-24-25-26-30/h3-4,11,14,17,19,31H,2,5-10,12-13H2,1H3/t19-/m0/s1. The first-order valence-electron chi connectivity index (χ1n) is 11.6. The molecule has 0 bridgehead atoms. The molecule has 180 valence electrons. The van der Waals surface area contributed by atoms with Crippen molar-refractivity contribution in [3.8, 4) is 5.82 Å². The van der Waals surface area contributed by atoms with Crippen LogP contribution in [-0.2, 0) is 9.53 Å². The van der Waals surface area contributed by atoms with E-state index >= 15 is 0 Å². The molecule has 2 aromatic rings. The summed E-state index contributed by atoms with van der Waals surface area (Å²) in [4.78, 5) is 35.1. The molecule has 3 aliphatic heterocycles. The number of carbonyl (C=O) groups is 2. The van der Waals surface area contributed by atoms with Gasteiger partial charge < -0.3 is 19.6 Å². The molecule has 0 spiro atoms. The zero-order valence-corrected chi connectivity index (χ0v) is 19.1. The van der Waals surface area contributed by atoms with Gasteiger partial charge in [0.2, 0.25) is 0 Å². The van der Waals surface area contributed by atoms with Gasteiger partial charge >= 0.3 is 12.0 Å². The van der Waals surface area contributed by atoms with Crippen molar-refractivity contribution < 1.29 is 19.4 Å². The Morgan fingerprint density at radius 3 is 2.65 bits per heavy atom. The van der Waals surface area contributed by atoms with Gasteiger partial charge in [-0.15, -0.1) is 5.10 Å².